The van der Waals surface area contributed by atoms with Gasteiger partial charge >= 0.3 is 12.1 Å². The maximum absolute atomic E-state index is 12.2. The Kier molecular flexibility index (Phi) is 7.83. The van der Waals surface area contributed by atoms with E-state index < -0.39 is 6.09 Å². The molecule has 2 heterocycles. The third-order valence-corrected chi connectivity index (χ3v) is 5.29. The zero-order chi connectivity index (χ0) is 22.2. The number of alkyl carbamates (subject to hydrolysis) is 1. The molecule has 0 aliphatic carbocycles. The molecule has 8 heteroatoms. The van der Waals surface area contributed by atoms with Crippen molar-refractivity contribution in [2.45, 2.75) is 39.0 Å². The number of nitrogens with zero attached hydrogens (tertiary/aromatic N) is 2. The Balaban J connectivity index is 1.59. The number of methoxy groups -OCH3 is 1. The molecule has 1 aromatic heterocycles. The van der Waals surface area contributed by atoms with Crippen LogP contribution in [0.15, 0.2) is 42.6 Å². The summed E-state index contributed by atoms with van der Waals surface area (Å²) in [7, 11) is 1.62. The lowest BCUT2D eigenvalue weighted by Crippen LogP contribution is -2.55. The monoisotopic (exact) mass is 427 g/mol. The first-order valence-electron chi connectivity index (χ1n) is 10.4. The number of hydrogen-bond acceptors (Lipinski definition) is 7. The van der Waals surface area contributed by atoms with Gasteiger partial charge < -0.3 is 24.4 Å². The summed E-state index contributed by atoms with van der Waals surface area (Å²) in [6.07, 6.45) is 1.62. The highest BCUT2D eigenvalue weighted by Crippen LogP contribution is 2.22. The molecule has 2 aromatic rings. The first-order chi connectivity index (χ1) is 15.0. The lowest BCUT2D eigenvalue weighted by atomic mass is 10.0. The van der Waals surface area contributed by atoms with E-state index in [0.717, 1.165) is 11.1 Å². The molecular weight excluding hydrogens is 398 g/mol. The van der Waals surface area contributed by atoms with Crippen LogP contribution in [0.3, 0.4) is 0 Å². The molecule has 1 N–H and O–H groups in total. The van der Waals surface area contributed by atoms with E-state index in [-0.39, 0.29) is 24.7 Å². The molecule has 1 fully saturated rings. The third-order valence-electron chi connectivity index (χ3n) is 5.29. The van der Waals surface area contributed by atoms with Crippen molar-refractivity contribution in [1.29, 1.82) is 0 Å². The standard InChI is InChI=1S/C23H29N3O5/c1-4-30-22(27)18-12-21(24-13-16(18)2)26-11-10-19(20(14-26)29-3)25-23(28)31-15-17-8-6-5-7-9-17/h5-9,12-13,19-20H,4,10-11,14-15H2,1-3H3,(H,25,28)/t19-,20+/m0/s1. The Morgan fingerprint density at radius 3 is 2.71 bits per heavy atom. The molecule has 3 rings (SSSR count). The van der Waals surface area contributed by atoms with Crippen molar-refractivity contribution in [2.75, 3.05) is 31.7 Å². The van der Waals surface area contributed by atoms with Gasteiger partial charge in [0.1, 0.15) is 12.4 Å². The number of carbonyl (C=O) groups excluding carboxylic acids is 2. The molecule has 166 valence electrons. The van der Waals surface area contributed by atoms with E-state index in [4.69, 9.17) is 14.2 Å². The first-order valence-corrected chi connectivity index (χ1v) is 10.4. The zero-order valence-electron chi connectivity index (χ0n) is 18.2. The predicted octanol–water partition coefficient (Wildman–Crippen LogP) is 3.09. The molecular formula is C23H29N3O5. The van der Waals surface area contributed by atoms with Crippen LogP contribution in [0.4, 0.5) is 10.6 Å². The van der Waals surface area contributed by atoms with E-state index in [1.165, 1.54) is 0 Å². The Morgan fingerprint density at radius 1 is 1.23 bits per heavy atom. The van der Waals surface area contributed by atoms with E-state index in [0.29, 0.717) is 37.5 Å². The molecule has 2 atom stereocenters. The second-order valence-corrected chi connectivity index (χ2v) is 7.40. The normalized spacial score (nSPS) is 18.4. The molecule has 0 spiro atoms. The van der Waals surface area contributed by atoms with E-state index in [9.17, 15) is 9.59 Å². The maximum Gasteiger partial charge on any atom is 0.407 e. The van der Waals surface area contributed by atoms with Crippen LogP contribution in [0.5, 0.6) is 0 Å². The van der Waals surface area contributed by atoms with Crippen LogP contribution >= 0.6 is 0 Å². The maximum atomic E-state index is 12.2. The van der Waals surface area contributed by atoms with Crippen molar-refractivity contribution < 1.29 is 23.8 Å². The van der Waals surface area contributed by atoms with Gasteiger partial charge in [-0.25, -0.2) is 14.6 Å². The molecule has 8 nitrogen and oxygen atoms in total. The zero-order valence-corrected chi connectivity index (χ0v) is 18.2. The van der Waals surface area contributed by atoms with Gasteiger partial charge in [-0.05, 0) is 37.5 Å². The molecule has 0 saturated carbocycles. The van der Waals surface area contributed by atoms with Crippen LogP contribution < -0.4 is 10.2 Å². The van der Waals surface area contributed by atoms with Gasteiger partial charge in [0.2, 0.25) is 0 Å². The molecule has 1 saturated heterocycles. The summed E-state index contributed by atoms with van der Waals surface area (Å²) >= 11 is 0. The van der Waals surface area contributed by atoms with Crippen molar-refractivity contribution in [3.63, 3.8) is 0 Å². The summed E-state index contributed by atoms with van der Waals surface area (Å²) < 4.78 is 16.1. The topological polar surface area (TPSA) is 90.0 Å². The SMILES string of the molecule is CCOC(=O)c1cc(N2CC[C@H](NC(=O)OCc3ccccc3)[C@H](OC)C2)ncc1C. The number of anilines is 1. The Bertz CT molecular complexity index is 890. The van der Waals surface area contributed by atoms with Gasteiger partial charge in [0.05, 0.1) is 24.3 Å². The minimum atomic E-state index is -0.470. The minimum absolute atomic E-state index is 0.181. The molecule has 0 bridgehead atoms. The molecule has 1 aliphatic heterocycles. The number of hydrogen-bond donors (Lipinski definition) is 1. The number of nitrogens with one attached hydrogen (secondary N) is 1. The number of pyridine rings is 1. The lowest BCUT2D eigenvalue weighted by Gasteiger charge is -2.38. The van der Waals surface area contributed by atoms with Gasteiger partial charge in [0, 0.05) is 26.4 Å². The highest BCUT2D eigenvalue weighted by atomic mass is 16.5. The predicted molar refractivity (Wildman–Crippen MR) is 116 cm³/mol. The lowest BCUT2D eigenvalue weighted by molar-refractivity contribution is 0.0523. The van der Waals surface area contributed by atoms with Crippen LogP contribution in [-0.2, 0) is 20.8 Å². The average Bonchev–Trinajstić information content (AvgIpc) is 2.79. The quantitative estimate of drug-likeness (QED) is 0.679. The second-order valence-electron chi connectivity index (χ2n) is 7.40. The van der Waals surface area contributed by atoms with Gasteiger partial charge in [-0.15, -0.1) is 0 Å². The van der Waals surface area contributed by atoms with E-state index in [1.54, 1.807) is 26.3 Å². The van der Waals surface area contributed by atoms with Crippen LogP contribution in [-0.4, -0.2) is 56.0 Å². The summed E-state index contributed by atoms with van der Waals surface area (Å²) in [5.74, 6) is 0.325. The Labute approximate surface area is 182 Å². The average molecular weight is 428 g/mol. The van der Waals surface area contributed by atoms with E-state index in [1.807, 2.05) is 42.2 Å². The fraction of sp³-hybridized carbons (Fsp3) is 0.435. The van der Waals surface area contributed by atoms with Crippen molar-refractivity contribution in [1.82, 2.24) is 10.3 Å². The van der Waals surface area contributed by atoms with Gasteiger partial charge in [0.25, 0.3) is 0 Å². The summed E-state index contributed by atoms with van der Waals surface area (Å²) in [5, 5.41) is 2.91. The number of benzene rings is 1. The van der Waals surface area contributed by atoms with Crippen LogP contribution in [0.25, 0.3) is 0 Å². The Morgan fingerprint density at radius 2 is 2.00 bits per heavy atom. The second kappa shape index (κ2) is 10.8. The highest BCUT2D eigenvalue weighted by molar-refractivity contribution is 5.91. The molecule has 31 heavy (non-hydrogen) atoms. The number of amides is 1. The van der Waals surface area contributed by atoms with Gasteiger partial charge in [-0.2, -0.15) is 0 Å². The molecule has 1 aliphatic rings. The van der Waals surface area contributed by atoms with Crippen molar-refractivity contribution in [3.8, 4) is 0 Å². The van der Waals surface area contributed by atoms with Crippen LogP contribution in [0, 0.1) is 6.92 Å². The fourth-order valence-corrected chi connectivity index (χ4v) is 3.56. The van der Waals surface area contributed by atoms with Crippen molar-refractivity contribution in [3.05, 3.63) is 59.3 Å². The van der Waals surface area contributed by atoms with Gasteiger partial charge in [0.15, 0.2) is 0 Å². The minimum Gasteiger partial charge on any atom is -0.462 e. The number of ether oxygens (including phenoxy) is 3. The van der Waals surface area contributed by atoms with E-state index in [2.05, 4.69) is 10.3 Å². The summed E-state index contributed by atoms with van der Waals surface area (Å²) in [5.41, 5.74) is 2.20. The number of carbonyl (C=O) groups is 2. The van der Waals surface area contributed by atoms with Crippen molar-refractivity contribution >= 4 is 17.9 Å². The number of rotatable bonds is 7. The van der Waals surface area contributed by atoms with Crippen LogP contribution in [0.1, 0.15) is 34.8 Å². The summed E-state index contributed by atoms with van der Waals surface area (Å²) in [6, 6.07) is 11.1. The largest absolute Gasteiger partial charge is 0.462 e. The van der Waals surface area contributed by atoms with E-state index >= 15 is 0 Å². The molecule has 0 unspecified atom stereocenters. The third kappa shape index (κ3) is 5.95. The fourth-order valence-electron chi connectivity index (χ4n) is 3.56. The number of aromatic nitrogens is 1. The van der Waals surface area contributed by atoms with Crippen molar-refractivity contribution in [2.24, 2.45) is 0 Å². The van der Waals surface area contributed by atoms with Gasteiger partial charge in [-0.3, -0.25) is 0 Å². The first kappa shape index (κ1) is 22.6. The number of aryl methyl sites for hydroxylation is 1. The summed E-state index contributed by atoms with van der Waals surface area (Å²) in [4.78, 5) is 31.0. The molecule has 0 radical (unpaired) electrons. The number of piperidine rings is 1. The number of esters is 1. The highest BCUT2D eigenvalue weighted by Gasteiger charge is 2.32. The Hall–Kier alpha value is -3.13. The molecule has 1 amide bonds. The smallest absolute Gasteiger partial charge is 0.407 e. The van der Waals surface area contributed by atoms with Gasteiger partial charge in [-0.1, -0.05) is 30.3 Å². The summed E-state index contributed by atoms with van der Waals surface area (Å²) in [6.45, 7) is 5.33. The van der Waals surface area contributed by atoms with Crippen LogP contribution in [0.2, 0.25) is 0 Å². The molecule has 1 aromatic carbocycles.